The van der Waals surface area contributed by atoms with Crippen LogP contribution in [-0.4, -0.2) is 5.91 Å². The first-order valence-corrected chi connectivity index (χ1v) is 6.60. The van der Waals surface area contributed by atoms with Gasteiger partial charge in [-0.05, 0) is 55.3 Å². The normalized spacial score (nSPS) is 10.3. The Labute approximate surface area is 119 Å². The van der Waals surface area contributed by atoms with Crippen LogP contribution in [0.1, 0.15) is 21.5 Å². The van der Waals surface area contributed by atoms with E-state index in [-0.39, 0.29) is 11.7 Å². The number of halogens is 2. The van der Waals surface area contributed by atoms with Gasteiger partial charge in [0.2, 0.25) is 0 Å². The van der Waals surface area contributed by atoms with Crippen LogP contribution >= 0.6 is 15.9 Å². The molecule has 2 aromatic rings. The lowest BCUT2D eigenvalue weighted by Crippen LogP contribution is -2.12. The van der Waals surface area contributed by atoms with E-state index < -0.39 is 0 Å². The van der Waals surface area contributed by atoms with E-state index in [4.69, 9.17) is 0 Å². The molecular formula is C15H13BrFNO. The maximum Gasteiger partial charge on any atom is 0.255 e. The molecule has 0 saturated heterocycles. The average Bonchev–Trinajstić information content (AvgIpc) is 2.37. The first kappa shape index (κ1) is 13.7. The van der Waals surface area contributed by atoms with Crippen molar-refractivity contribution in [3.05, 3.63) is 63.4 Å². The van der Waals surface area contributed by atoms with Crippen molar-refractivity contribution >= 4 is 27.5 Å². The zero-order valence-corrected chi connectivity index (χ0v) is 12.2. The summed E-state index contributed by atoms with van der Waals surface area (Å²) in [6.07, 6.45) is 0. The van der Waals surface area contributed by atoms with Gasteiger partial charge in [0.15, 0.2) is 0 Å². The van der Waals surface area contributed by atoms with Crippen molar-refractivity contribution in [2.45, 2.75) is 13.8 Å². The summed E-state index contributed by atoms with van der Waals surface area (Å²) in [4.78, 5) is 12.0. The molecule has 0 unspecified atom stereocenters. The molecule has 0 aliphatic heterocycles. The summed E-state index contributed by atoms with van der Waals surface area (Å²) in [7, 11) is 0. The monoisotopic (exact) mass is 321 g/mol. The molecule has 1 N–H and O–H groups in total. The molecule has 0 radical (unpaired) electrons. The highest BCUT2D eigenvalue weighted by molar-refractivity contribution is 9.10. The number of hydrogen-bond acceptors (Lipinski definition) is 1. The summed E-state index contributed by atoms with van der Waals surface area (Å²) >= 11 is 3.41. The lowest BCUT2D eigenvalue weighted by molar-refractivity contribution is 0.102. The van der Waals surface area contributed by atoms with Crippen molar-refractivity contribution in [2.75, 3.05) is 5.32 Å². The summed E-state index contributed by atoms with van der Waals surface area (Å²) < 4.78 is 14.1. The van der Waals surface area contributed by atoms with Crippen molar-refractivity contribution in [2.24, 2.45) is 0 Å². The Hall–Kier alpha value is -1.68. The third kappa shape index (κ3) is 3.20. The number of aryl methyl sites for hydroxylation is 2. The molecule has 2 aromatic carbocycles. The van der Waals surface area contributed by atoms with Gasteiger partial charge in [-0.1, -0.05) is 22.0 Å². The van der Waals surface area contributed by atoms with Crippen LogP contribution < -0.4 is 5.32 Å². The van der Waals surface area contributed by atoms with Gasteiger partial charge in [0.1, 0.15) is 5.82 Å². The molecule has 2 rings (SSSR count). The number of hydrogen-bond donors (Lipinski definition) is 1. The first-order chi connectivity index (χ1) is 8.97. The average molecular weight is 322 g/mol. The minimum Gasteiger partial charge on any atom is -0.322 e. The Morgan fingerprint density at radius 2 is 1.84 bits per heavy atom. The van der Waals surface area contributed by atoms with Crippen LogP contribution in [0.3, 0.4) is 0 Å². The van der Waals surface area contributed by atoms with Crippen LogP contribution in [0.4, 0.5) is 10.1 Å². The van der Waals surface area contributed by atoms with Gasteiger partial charge in [-0.3, -0.25) is 4.79 Å². The van der Waals surface area contributed by atoms with Gasteiger partial charge in [-0.15, -0.1) is 0 Å². The Morgan fingerprint density at radius 1 is 1.11 bits per heavy atom. The van der Waals surface area contributed by atoms with Gasteiger partial charge >= 0.3 is 0 Å². The Kier molecular flexibility index (Phi) is 4.00. The largest absolute Gasteiger partial charge is 0.322 e. The van der Waals surface area contributed by atoms with Crippen molar-refractivity contribution in [1.29, 1.82) is 0 Å². The van der Waals surface area contributed by atoms with E-state index in [0.717, 1.165) is 10.0 Å². The highest BCUT2D eigenvalue weighted by atomic mass is 79.9. The van der Waals surface area contributed by atoms with Crippen LogP contribution in [0.5, 0.6) is 0 Å². The number of anilines is 1. The molecule has 19 heavy (non-hydrogen) atoms. The van der Waals surface area contributed by atoms with E-state index in [1.807, 2.05) is 25.1 Å². The van der Waals surface area contributed by atoms with Crippen molar-refractivity contribution in [1.82, 2.24) is 0 Å². The molecule has 0 aliphatic rings. The second-order valence-electron chi connectivity index (χ2n) is 4.38. The standard InChI is InChI=1S/C15H13BrFNO/c1-9-3-5-12(8-13(9)16)18-15(19)11-4-6-14(17)10(2)7-11/h3-8H,1-2H3,(H,18,19). The van der Waals surface area contributed by atoms with Gasteiger partial charge in [-0.25, -0.2) is 4.39 Å². The third-order valence-electron chi connectivity index (χ3n) is 2.85. The van der Waals surface area contributed by atoms with E-state index in [1.54, 1.807) is 6.92 Å². The van der Waals surface area contributed by atoms with Crippen LogP contribution in [0.15, 0.2) is 40.9 Å². The number of rotatable bonds is 2. The van der Waals surface area contributed by atoms with Crippen molar-refractivity contribution in [3.63, 3.8) is 0 Å². The fraction of sp³-hybridized carbons (Fsp3) is 0.133. The number of carbonyl (C=O) groups excluding carboxylic acids is 1. The molecule has 4 heteroatoms. The van der Waals surface area contributed by atoms with Crippen LogP contribution in [0.2, 0.25) is 0 Å². The van der Waals surface area contributed by atoms with Gasteiger partial charge < -0.3 is 5.32 Å². The summed E-state index contributed by atoms with van der Waals surface area (Å²) in [6.45, 7) is 3.60. The van der Waals surface area contributed by atoms with E-state index >= 15 is 0 Å². The molecule has 1 amide bonds. The van der Waals surface area contributed by atoms with Gasteiger partial charge in [-0.2, -0.15) is 0 Å². The van der Waals surface area contributed by atoms with Gasteiger partial charge in [0, 0.05) is 15.7 Å². The topological polar surface area (TPSA) is 29.1 Å². The van der Waals surface area contributed by atoms with Crippen LogP contribution in [0, 0.1) is 19.7 Å². The Morgan fingerprint density at radius 3 is 2.47 bits per heavy atom. The predicted molar refractivity (Wildman–Crippen MR) is 78.0 cm³/mol. The zero-order chi connectivity index (χ0) is 14.0. The van der Waals surface area contributed by atoms with E-state index in [0.29, 0.717) is 16.8 Å². The highest BCUT2D eigenvalue weighted by Crippen LogP contribution is 2.21. The van der Waals surface area contributed by atoms with Gasteiger partial charge in [0.05, 0.1) is 0 Å². The molecule has 98 valence electrons. The van der Waals surface area contributed by atoms with E-state index in [9.17, 15) is 9.18 Å². The third-order valence-corrected chi connectivity index (χ3v) is 3.70. The van der Waals surface area contributed by atoms with E-state index in [2.05, 4.69) is 21.2 Å². The second-order valence-corrected chi connectivity index (χ2v) is 5.24. The summed E-state index contributed by atoms with van der Waals surface area (Å²) in [5.74, 6) is -0.562. The molecule has 0 spiro atoms. The Bertz CT molecular complexity index is 640. The number of benzene rings is 2. The SMILES string of the molecule is Cc1cc(C(=O)Nc2ccc(C)c(Br)c2)ccc1F. The summed E-state index contributed by atoms with van der Waals surface area (Å²) in [5, 5.41) is 2.78. The second kappa shape index (κ2) is 5.53. The number of carbonyl (C=O) groups is 1. The molecule has 0 atom stereocenters. The fourth-order valence-electron chi connectivity index (χ4n) is 1.66. The maximum atomic E-state index is 13.1. The smallest absolute Gasteiger partial charge is 0.255 e. The molecule has 2 nitrogen and oxygen atoms in total. The summed E-state index contributed by atoms with van der Waals surface area (Å²) in [6, 6.07) is 9.89. The minimum atomic E-state index is -0.311. The molecule has 0 heterocycles. The Balaban J connectivity index is 2.20. The molecule has 0 bridgehead atoms. The quantitative estimate of drug-likeness (QED) is 0.869. The van der Waals surface area contributed by atoms with Crippen LogP contribution in [0.25, 0.3) is 0 Å². The lowest BCUT2D eigenvalue weighted by atomic mass is 10.1. The van der Waals surface area contributed by atoms with Crippen molar-refractivity contribution in [3.8, 4) is 0 Å². The number of amides is 1. The van der Waals surface area contributed by atoms with Crippen LogP contribution in [-0.2, 0) is 0 Å². The van der Waals surface area contributed by atoms with Crippen molar-refractivity contribution < 1.29 is 9.18 Å². The number of nitrogens with one attached hydrogen (secondary N) is 1. The molecular weight excluding hydrogens is 309 g/mol. The molecule has 0 aromatic heterocycles. The minimum absolute atomic E-state index is 0.251. The molecule has 0 aliphatic carbocycles. The lowest BCUT2D eigenvalue weighted by Gasteiger charge is -2.08. The highest BCUT2D eigenvalue weighted by Gasteiger charge is 2.08. The van der Waals surface area contributed by atoms with E-state index in [1.165, 1.54) is 18.2 Å². The predicted octanol–water partition coefficient (Wildman–Crippen LogP) is 4.46. The maximum absolute atomic E-state index is 13.1. The zero-order valence-electron chi connectivity index (χ0n) is 10.6. The molecule has 0 fully saturated rings. The molecule has 0 saturated carbocycles. The first-order valence-electron chi connectivity index (χ1n) is 5.81. The van der Waals surface area contributed by atoms with Gasteiger partial charge in [0.25, 0.3) is 5.91 Å². The fourth-order valence-corrected chi connectivity index (χ4v) is 2.04. The summed E-state index contributed by atoms with van der Waals surface area (Å²) in [5.41, 5.74) is 2.69.